The Morgan fingerprint density at radius 1 is 1.08 bits per heavy atom. The van der Waals surface area contributed by atoms with Crippen LogP contribution in [0.15, 0.2) is 48.0 Å². The molecule has 1 N–H and O–H groups in total. The van der Waals surface area contributed by atoms with Crippen LogP contribution in [0.1, 0.15) is 22.3 Å². The molecule has 1 fully saturated rings. The summed E-state index contributed by atoms with van der Waals surface area (Å²) < 4.78 is 5.41. The topological polar surface area (TPSA) is 58.6 Å². The highest BCUT2D eigenvalue weighted by atomic mass is 32.1. The zero-order valence-electron chi connectivity index (χ0n) is 14.1. The van der Waals surface area contributed by atoms with Crippen molar-refractivity contribution >= 4 is 40.9 Å². The fourth-order valence-corrected chi connectivity index (χ4v) is 3.32. The predicted molar refractivity (Wildman–Crippen MR) is 102 cm³/mol. The van der Waals surface area contributed by atoms with Crippen LogP contribution >= 0.6 is 12.2 Å². The standard InChI is InChI=1S/C20H16N2O3S/c1-12-2-6-16(7-3-12)22-19(24)17(18(23)21-20(22)26)9-13-4-5-14-10-25-11-15(14)8-13/h2-9H,10-11H2,1H3,(H,21,23,26)/b17-9+. The van der Waals surface area contributed by atoms with Gasteiger partial charge < -0.3 is 4.74 Å². The Labute approximate surface area is 156 Å². The Hall–Kier alpha value is -2.83. The number of rotatable bonds is 2. The van der Waals surface area contributed by atoms with E-state index in [4.69, 9.17) is 17.0 Å². The van der Waals surface area contributed by atoms with E-state index < -0.39 is 11.8 Å². The highest BCUT2D eigenvalue weighted by Crippen LogP contribution is 2.25. The molecule has 0 bridgehead atoms. The van der Waals surface area contributed by atoms with Gasteiger partial charge in [-0.15, -0.1) is 0 Å². The number of carbonyl (C=O) groups excluding carboxylic acids is 2. The van der Waals surface area contributed by atoms with E-state index in [9.17, 15) is 9.59 Å². The van der Waals surface area contributed by atoms with E-state index in [1.54, 1.807) is 18.2 Å². The van der Waals surface area contributed by atoms with Crippen molar-refractivity contribution in [2.75, 3.05) is 4.90 Å². The summed E-state index contributed by atoms with van der Waals surface area (Å²) in [4.78, 5) is 26.6. The molecule has 1 saturated heterocycles. The Morgan fingerprint density at radius 3 is 2.58 bits per heavy atom. The predicted octanol–water partition coefficient (Wildman–Crippen LogP) is 2.86. The molecule has 2 aromatic rings. The zero-order valence-corrected chi connectivity index (χ0v) is 14.9. The molecule has 2 aliphatic rings. The molecule has 0 aliphatic carbocycles. The minimum atomic E-state index is -0.486. The third kappa shape index (κ3) is 2.94. The van der Waals surface area contributed by atoms with Gasteiger partial charge >= 0.3 is 0 Å². The van der Waals surface area contributed by atoms with E-state index in [1.807, 2.05) is 37.3 Å². The number of carbonyl (C=O) groups is 2. The number of hydrogen-bond donors (Lipinski definition) is 1. The molecule has 0 unspecified atom stereocenters. The monoisotopic (exact) mass is 364 g/mol. The minimum absolute atomic E-state index is 0.0537. The molecular weight excluding hydrogens is 348 g/mol. The van der Waals surface area contributed by atoms with Gasteiger partial charge in [-0.1, -0.05) is 29.8 Å². The largest absolute Gasteiger partial charge is 0.372 e. The Bertz CT molecular complexity index is 964. The molecule has 2 aliphatic heterocycles. The average molecular weight is 364 g/mol. The number of aryl methyl sites for hydroxylation is 1. The third-order valence-corrected chi connectivity index (χ3v) is 4.73. The van der Waals surface area contributed by atoms with Crippen molar-refractivity contribution in [1.29, 1.82) is 0 Å². The summed E-state index contributed by atoms with van der Waals surface area (Å²) in [6.45, 7) is 3.11. The number of fused-ring (bicyclic) bond motifs is 1. The lowest BCUT2D eigenvalue weighted by molar-refractivity contribution is -0.122. The number of thiocarbonyl (C=S) groups is 1. The first-order valence-electron chi connectivity index (χ1n) is 8.20. The maximum absolute atomic E-state index is 13.0. The molecule has 0 spiro atoms. The van der Waals surface area contributed by atoms with E-state index >= 15 is 0 Å². The van der Waals surface area contributed by atoms with Crippen LogP contribution in [0.3, 0.4) is 0 Å². The summed E-state index contributed by atoms with van der Waals surface area (Å²) in [7, 11) is 0. The van der Waals surface area contributed by atoms with Crippen LogP contribution in [0.4, 0.5) is 5.69 Å². The number of benzene rings is 2. The van der Waals surface area contributed by atoms with Gasteiger partial charge in [0.1, 0.15) is 5.57 Å². The fraction of sp³-hybridized carbons (Fsp3) is 0.150. The SMILES string of the molecule is Cc1ccc(N2C(=O)/C(=C/c3ccc4c(c3)COC4)C(=O)NC2=S)cc1. The molecule has 130 valence electrons. The summed E-state index contributed by atoms with van der Waals surface area (Å²) in [6.07, 6.45) is 1.60. The fourth-order valence-electron chi connectivity index (χ4n) is 3.03. The van der Waals surface area contributed by atoms with Crippen LogP contribution < -0.4 is 10.2 Å². The molecule has 2 amide bonds. The van der Waals surface area contributed by atoms with Gasteiger partial charge in [0.25, 0.3) is 11.8 Å². The second kappa shape index (κ2) is 6.48. The summed E-state index contributed by atoms with van der Waals surface area (Å²) in [5.41, 5.74) is 4.74. The number of anilines is 1. The minimum Gasteiger partial charge on any atom is -0.372 e. The van der Waals surface area contributed by atoms with Crippen molar-refractivity contribution in [3.8, 4) is 0 Å². The first-order valence-corrected chi connectivity index (χ1v) is 8.61. The van der Waals surface area contributed by atoms with E-state index in [0.29, 0.717) is 18.9 Å². The van der Waals surface area contributed by atoms with Crippen LogP contribution in [-0.2, 0) is 27.5 Å². The van der Waals surface area contributed by atoms with Gasteiger partial charge in [-0.2, -0.15) is 0 Å². The van der Waals surface area contributed by atoms with E-state index in [2.05, 4.69) is 5.32 Å². The molecule has 0 radical (unpaired) electrons. The lowest BCUT2D eigenvalue weighted by atomic mass is 10.0. The zero-order chi connectivity index (χ0) is 18.3. The highest BCUT2D eigenvalue weighted by molar-refractivity contribution is 7.80. The van der Waals surface area contributed by atoms with Crippen molar-refractivity contribution in [1.82, 2.24) is 5.32 Å². The molecule has 0 saturated carbocycles. The molecule has 0 aromatic heterocycles. The molecule has 0 atom stereocenters. The summed E-state index contributed by atoms with van der Waals surface area (Å²) in [5.74, 6) is -0.917. The van der Waals surface area contributed by atoms with Gasteiger partial charge in [-0.25, -0.2) is 0 Å². The first kappa shape index (κ1) is 16.6. The van der Waals surface area contributed by atoms with Gasteiger partial charge in [0.15, 0.2) is 5.11 Å². The normalized spacial score (nSPS) is 18.3. The van der Waals surface area contributed by atoms with Crippen molar-refractivity contribution in [3.63, 3.8) is 0 Å². The summed E-state index contributed by atoms with van der Waals surface area (Å²) >= 11 is 5.21. The molecule has 2 heterocycles. The highest BCUT2D eigenvalue weighted by Gasteiger charge is 2.34. The Balaban J connectivity index is 1.71. The van der Waals surface area contributed by atoms with Crippen LogP contribution in [-0.4, -0.2) is 16.9 Å². The van der Waals surface area contributed by atoms with Gasteiger partial charge in [0, 0.05) is 0 Å². The second-order valence-corrected chi connectivity index (χ2v) is 6.70. The van der Waals surface area contributed by atoms with E-state index in [-0.39, 0.29) is 10.7 Å². The summed E-state index contributed by atoms with van der Waals surface area (Å²) in [6, 6.07) is 13.2. The van der Waals surface area contributed by atoms with Crippen LogP contribution in [0.25, 0.3) is 6.08 Å². The van der Waals surface area contributed by atoms with Crippen LogP contribution in [0, 0.1) is 6.92 Å². The number of nitrogens with one attached hydrogen (secondary N) is 1. The number of ether oxygens (including phenoxy) is 1. The number of amides is 2. The Morgan fingerprint density at radius 2 is 1.81 bits per heavy atom. The molecule has 6 heteroatoms. The smallest absolute Gasteiger partial charge is 0.270 e. The van der Waals surface area contributed by atoms with Crippen molar-refractivity contribution in [2.24, 2.45) is 0 Å². The number of nitrogens with zero attached hydrogens (tertiary/aromatic N) is 1. The van der Waals surface area contributed by atoms with Gasteiger partial charge in [0.2, 0.25) is 0 Å². The maximum Gasteiger partial charge on any atom is 0.270 e. The molecule has 4 rings (SSSR count). The van der Waals surface area contributed by atoms with Gasteiger partial charge in [-0.05, 0) is 60.1 Å². The molecule has 26 heavy (non-hydrogen) atoms. The first-order chi connectivity index (χ1) is 12.5. The lowest BCUT2D eigenvalue weighted by Gasteiger charge is -2.29. The molecule has 5 nitrogen and oxygen atoms in total. The van der Waals surface area contributed by atoms with E-state index in [0.717, 1.165) is 22.3 Å². The number of hydrogen-bond acceptors (Lipinski definition) is 4. The van der Waals surface area contributed by atoms with E-state index in [1.165, 1.54) is 4.90 Å². The quantitative estimate of drug-likeness (QED) is 0.506. The maximum atomic E-state index is 13.0. The van der Waals surface area contributed by atoms with Crippen LogP contribution in [0.5, 0.6) is 0 Å². The average Bonchev–Trinajstić information content (AvgIpc) is 3.08. The Kier molecular flexibility index (Phi) is 4.14. The van der Waals surface area contributed by atoms with Crippen molar-refractivity contribution in [3.05, 3.63) is 70.3 Å². The van der Waals surface area contributed by atoms with Crippen molar-refractivity contribution in [2.45, 2.75) is 20.1 Å². The molecular formula is C20H16N2O3S. The molecule has 2 aromatic carbocycles. The lowest BCUT2D eigenvalue weighted by Crippen LogP contribution is -2.54. The van der Waals surface area contributed by atoms with Gasteiger partial charge in [0.05, 0.1) is 18.9 Å². The van der Waals surface area contributed by atoms with Crippen molar-refractivity contribution < 1.29 is 14.3 Å². The van der Waals surface area contributed by atoms with Gasteiger partial charge in [-0.3, -0.25) is 19.8 Å². The second-order valence-electron chi connectivity index (χ2n) is 6.31. The summed E-state index contributed by atoms with van der Waals surface area (Å²) in [5, 5.41) is 2.69. The van der Waals surface area contributed by atoms with Crippen LogP contribution in [0.2, 0.25) is 0 Å². The third-order valence-electron chi connectivity index (χ3n) is 4.45.